The van der Waals surface area contributed by atoms with Gasteiger partial charge in [0.05, 0.1) is 5.56 Å². The number of hydrogen-bond donors (Lipinski definition) is 1. The van der Waals surface area contributed by atoms with Gasteiger partial charge in [0.2, 0.25) is 0 Å². The molecule has 1 amide bonds. The molecule has 1 aromatic carbocycles. The van der Waals surface area contributed by atoms with Gasteiger partial charge < -0.3 is 5.32 Å². The van der Waals surface area contributed by atoms with Gasteiger partial charge in [-0.1, -0.05) is 18.2 Å². The predicted octanol–water partition coefficient (Wildman–Crippen LogP) is 2.91. The highest BCUT2D eigenvalue weighted by Gasteiger charge is 2.07. The number of aromatic nitrogens is 1. The Morgan fingerprint density at radius 2 is 2.11 bits per heavy atom. The van der Waals surface area contributed by atoms with E-state index in [0.717, 1.165) is 4.47 Å². The number of benzene rings is 1. The largest absolute Gasteiger partial charge is 0.348 e. The fraction of sp³-hybridized carbons (Fsp3) is 0.0769. The van der Waals surface area contributed by atoms with Crippen molar-refractivity contribution in [2.45, 2.75) is 6.54 Å². The zero-order chi connectivity index (χ0) is 13.0. The van der Waals surface area contributed by atoms with E-state index in [0.29, 0.717) is 11.1 Å². The first-order chi connectivity index (χ1) is 8.66. The van der Waals surface area contributed by atoms with Crippen LogP contribution in [-0.2, 0) is 6.54 Å². The highest BCUT2D eigenvalue weighted by molar-refractivity contribution is 9.10. The molecule has 0 atom stereocenters. The van der Waals surface area contributed by atoms with Crippen molar-refractivity contribution in [3.63, 3.8) is 0 Å². The van der Waals surface area contributed by atoms with Crippen LogP contribution in [0.3, 0.4) is 0 Å². The van der Waals surface area contributed by atoms with E-state index in [1.165, 1.54) is 12.3 Å². The lowest BCUT2D eigenvalue weighted by atomic mass is 10.2. The Balaban J connectivity index is 2.03. The molecule has 0 saturated carbocycles. The van der Waals surface area contributed by atoms with Gasteiger partial charge in [0.15, 0.2) is 0 Å². The molecule has 0 aliphatic heterocycles. The summed E-state index contributed by atoms with van der Waals surface area (Å²) >= 11 is 3.24. The van der Waals surface area contributed by atoms with E-state index in [-0.39, 0.29) is 18.3 Å². The summed E-state index contributed by atoms with van der Waals surface area (Å²) in [7, 11) is 0. The van der Waals surface area contributed by atoms with Crippen molar-refractivity contribution in [2.24, 2.45) is 0 Å². The summed E-state index contributed by atoms with van der Waals surface area (Å²) in [6.45, 7) is 0.151. The number of nitrogens with one attached hydrogen (secondary N) is 1. The Kier molecular flexibility index (Phi) is 4.04. The Bertz CT molecular complexity index is 574. The third kappa shape index (κ3) is 3.13. The molecule has 0 aliphatic carbocycles. The molecule has 0 unspecified atom stereocenters. The van der Waals surface area contributed by atoms with Crippen LogP contribution in [0.4, 0.5) is 4.39 Å². The molecule has 5 heteroatoms. The molecule has 0 radical (unpaired) electrons. The molecular formula is C13H10BrFN2O. The smallest absolute Gasteiger partial charge is 0.253 e. The average molecular weight is 309 g/mol. The van der Waals surface area contributed by atoms with Gasteiger partial charge in [-0.3, -0.25) is 9.78 Å². The maximum atomic E-state index is 13.3. The molecule has 1 N–H and O–H groups in total. The zero-order valence-electron chi connectivity index (χ0n) is 9.36. The summed E-state index contributed by atoms with van der Waals surface area (Å²) in [4.78, 5) is 15.7. The second kappa shape index (κ2) is 5.73. The van der Waals surface area contributed by atoms with Gasteiger partial charge in [-0.05, 0) is 28.1 Å². The molecule has 92 valence electrons. The second-order valence-corrected chi connectivity index (χ2v) is 4.58. The van der Waals surface area contributed by atoms with Gasteiger partial charge in [0, 0.05) is 29.0 Å². The maximum absolute atomic E-state index is 13.3. The van der Waals surface area contributed by atoms with Crippen molar-refractivity contribution in [1.82, 2.24) is 10.3 Å². The first-order valence-corrected chi connectivity index (χ1v) is 6.08. The molecule has 3 nitrogen and oxygen atoms in total. The van der Waals surface area contributed by atoms with Crippen LogP contribution in [0.2, 0.25) is 0 Å². The number of rotatable bonds is 3. The molecule has 0 spiro atoms. The fourth-order valence-corrected chi connectivity index (χ4v) is 1.82. The van der Waals surface area contributed by atoms with Crippen molar-refractivity contribution in [3.05, 3.63) is 64.1 Å². The molecule has 1 aromatic heterocycles. The lowest BCUT2D eigenvalue weighted by Crippen LogP contribution is -2.23. The number of pyridine rings is 1. The van der Waals surface area contributed by atoms with Crippen LogP contribution in [-0.4, -0.2) is 10.9 Å². The quantitative estimate of drug-likeness (QED) is 0.947. The van der Waals surface area contributed by atoms with E-state index >= 15 is 0 Å². The van der Waals surface area contributed by atoms with Crippen LogP contribution in [0.25, 0.3) is 0 Å². The SMILES string of the molecule is O=C(NCc1ccccc1F)c1cncc(Br)c1. The number of amides is 1. The van der Waals surface area contributed by atoms with E-state index in [1.54, 1.807) is 30.5 Å². The molecule has 0 aliphatic rings. The summed E-state index contributed by atoms with van der Waals surface area (Å²) in [6, 6.07) is 7.99. The highest BCUT2D eigenvalue weighted by Crippen LogP contribution is 2.10. The van der Waals surface area contributed by atoms with Crippen LogP contribution in [0.1, 0.15) is 15.9 Å². The molecule has 2 rings (SSSR count). The summed E-state index contributed by atoms with van der Waals surface area (Å²) in [5.41, 5.74) is 0.884. The topological polar surface area (TPSA) is 42.0 Å². The third-order valence-electron chi connectivity index (χ3n) is 2.36. The minimum atomic E-state index is -0.329. The number of carbonyl (C=O) groups excluding carboxylic acids is 1. The average Bonchev–Trinajstić information content (AvgIpc) is 2.37. The first kappa shape index (κ1) is 12.7. The van der Waals surface area contributed by atoms with Crippen LogP contribution in [0, 0.1) is 5.82 Å². The standard InChI is InChI=1S/C13H10BrFN2O/c14-11-5-10(6-16-8-11)13(18)17-7-9-3-1-2-4-12(9)15/h1-6,8H,7H2,(H,17,18). The van der Waals surface area contributed by atoms with E-state index in [1.807, 2.05) is 0 Å². The van der Waals surface area contributed by atoms with E-state index in [9.17, 15) is 9.18 Å². The van der Waals surface area contributed by atoms with Crippen molar-refractivity contribution in [3.8, 4) is 0 Å². The van der Waals surface area contributed by atoms with Crippen molar-refractivity contribution >= 4 is 21.8 Å². The molecular weight excluding hydrogens is 299 g/mol. The predicted molar refractivity (Wildman–Crippen MR) is 69.5 cm³/mol. The Morgan fingerprint density at radius 1 is 1.33 bits per heavy atom. The van der Waals surface area contributed by atoms with Crippen LogP contribution in [0.5, 0.6) is 0 Å². The fourth-order valence-electron chi connectivity index (χ4n) is 1.46. The lowest BCUT2D eigenvalue weighted by Gasteiger charge is -2.06. The summed E-state index contributed by atoms with van der Waals surface area (Å²) in [5, 5.41) is 2.64. The van der Waals surface area contributed by atoms with Gasteiger partial charge in [0.1, 0.15) is 5.82 Å². The molecule has 18 heavy (non-hydrogen) atoms. The Hall–Kier alpha value is -1.75. The van der Waals surface area contributed by atoms with E-state index in [2.05, 4.69) is 26.2 Å². The number of hydrogen-bond acceptors (Lipinski definition) is 2. The summed E-state index contributed by atoms with van der Waals surface area (Å²) in [6.07, 6.45) is 3.05. The lowest BCUT2D eigenvalue weighted by molar-refractivity contribution is 0.0950. The van der Waals surface area contributed by atoms with Gasteiger partial charge in [-0.2, -0.15) is 0 Å². The van der Waals surface area contributed by atoms with Gasteiger partial charge in [-0.15, -0.1) is 0 Å². The minimum Gasteiger partial charge on any atom is -0.348 e. The molecule has 1 heterocycles. The molecule has 2 aromatic rings. The number of carbonyl (C=O) groups is 1. The van der Waals surface area contributed by atoms with Crippen molar-refractivity contribution in [2.75, 3.05) is 0 Å². The maximum Gasteiger partial charge on any atom is 0.253 e. The monoisotopic (exact) mass is 308 g/mol. The Morgan fingerprint density at radius 3 is 2.83 bits per heavy atom. The van der Waals surface area contributed by atoms with Gasteiger partial charge >= 0.3 is 0 Å². The molecule has 0 saturated heterocycles. The van der Waals surface area contributed by atoms with Crippen molar-refractivity contribution < 1.29 is 9.18 Å². The second-order valence-electron chi connectivity index (χ2n) is 3.67. The molecule has 0 fully saturated rings. The van der Waals surface area contributed by atoms with Crippen LogP contribution >= 0.6 is 15.9 Å². The Labute approximate surface area is 112 Å². The first-order valence-electron chi connectivity index (χ1n) is 5.29. The van der Waals surface area contributed by atoms with Crippen LogP contribution < -0.4 is 5.32 Å². The van der Waals surface area contributed by atoms with E-state index < -0.39 is 0 Å². The minimum absolute atomic E-state index is 0.151. The summed E-state index contributed by atoms with van der Waals surface area (Å²) in [5.74, 6) is -0.614. The number of nitrogens with zero attached hydrogens (tertiary/aromatic N) is 1. The molecule has 0 bridgehead atoms. The zero-order valence-corrected chi connectivity index (χ0v) is 10.9. The van der Waals surface area contributed by atoms with Crippen LogP contribution in [0.15, 0.2) is 47.2 Å². The highest BCUT2D eigenvalue weighted by atomic mass is 79.9. The third-order valence-corrected chi connectivity index (χ3v) is 2.80. The van der Waals surface area contributed by atoms with Gasteiger partial charge in [-0.25, -0.2) is 4.39 Å². The summed E-state index contributed by atoms with van der Waals surface area (Å²) < 4.78 is 14.1. The van der Waals surface area contributed by atoms with E-state index in [4.69, 9.17) is 0 Å². The van der Waals surface area contributed by atoms with Crippen molar-refractivity contribution in [1.29, 1.82) is 0 Å². The normalized spacial score (nSPS) is 10.1. The van der Waals surface area contributed by atoms with Gasteiger partial charge in [0.25, 0.3) is 5.91 Å². The number of halogens is 2.